The van der Waals surface area contributed by atoms with Gasteiger partial charge in [0.1, 0.15) is 5.54 Å². The molecule has 1 fully saturated rings. The van der Waals surface area contributed by atoms with Crippen molar-refractivity contribution in [3.63, 3.8) is 0 Å². The molecule has 64 valence electrons. The summed E-state index contributed by atoms with van der Waals surface area (Å²) in [5, 5.41) is 3.17. The first-order valence-electron chi connectivity index (χ1n) is 4.02. The molecule has 0 aliphatic carbocycles. The van der Waals surface area contributed by atoms with Crippen LogP contribution in [0.25, 0.3) is 0 Å². The van der Waals surface area contributed by atoms with Crippen LogP contribution in [0.15, 0.2) is 0 Å². The fourth-order valence-electron chi connectivity index (χ4n) is 1.46. The summed E-state index contributed by atoms with van der Waals surface area (Å²) in [6.07, 6.45) is 3.16. The zero-order chi connectivity index (χ0) is 8.32. The zero-order valence-corrected chi connectivity index (χ0v) is 7.14. The highest BCUT2D eigenvalue weighted by atomic mass is 16.5. The van der Waals surface area contributed by atoms with Gasteiger partial charge in [-0.05, 0) is 32.7 Å². The van der Waals surface area contributed by atoms with Crippen LogP contribution >= 0.6 is 0 Å². The molecule has 0 aromatic carbocycles. The molecule has 0 bridgehead atoms. The lowest BCUT2D eigenvalue weighted by atomic mass is 9.91. The molecule has 1 atom stereocenters. The van der Waals surface area contributed by atoms with Crippen molar-refractivity contribution in [1.82, 2.24) is 5.32 Å². The molecule has 1 aliphatic rings. The van der Waals surface area contributed by atoms with Gasteiger partial charge in [-0.25, -0.2) is 0 Å². The summed E-state index contributed by atoms with van der Waals surface area (Å²) in [4.78, 5) is 11.2. The van der Waals surface area contributed by atoms with Gasteiger partial charge in [0, 0.05) is 0 Å². The Balaban J connectivity index is 2.56. The second-order valence-corrected chi connectivity index (χ2v) is 3.21. The Bertz CT molecular complexity index is 150. The summed E-state index contributed by atoms with van der Waals surface area (Å²) >= 11 is 0. The zero-order valence-electron chi connectivity index (χ0n) is 7.14. The maximum Gasteiger partial charge on any atom is 0.325 e. The number of carbonyl (C=O) groups excluding carboxylic acids is 1. The lowest BCUT2D eigenvalue weighted by Gasteiger charge is -2.31. The van der Waals surface area contributed by atoms with Crippen molar-refractivity contribution in [1.29, 1.82) is 0 Å². The van der Waals surface area contributed by atoms with Crippen LogP contribution in [0.5, 0.6) is 0 Å². The molecular formula is C8H15NO2. The predicted molar refractivity (Wildman–Crippen MR) is 42.3 cm³/mol. The van der Waals surface area contributed by atoms with Gasteiger partial charge in [-0.1, -0.05) is 0 Å². The highest BCUT2D eigenvalue weighted by Gasteiger charge is 2.34. The van der Waals surface area contributed by atoms with Gasteiger partial charge in [-0.15, -0.1) is 0 Å². The molecule has 3 nitrogen and oxygen atoms in total. The number of nitrogens with one attached hydrogen (secondary N) is 1. The Morgan fingerprint density at radius 1 is 1.55 bits per heavy atom. The Morgan fingerprint density at radius 3 is 2.73 bits per heavy atom. The fourth-order valence-corrected chi connectivity index (χ4v) is 1.46. The lowest BCUT2D eigenvalue weighted by Crippen LogP contribution is -2.52. The van der Waals surface area contributed by atoms with Crippen LogP contribution in [-0.2, 0) is 9.53 Å². The first-order chi connectivity index (χ1) is 5.19. The van der Waals surface area contributed by atoms with Gasteiger partial charge < -0.3 is 10.1 Å². The maximum atomic E-state index is 11.2. The standard InChI is InChI=1S/C8H15NO2/c1-8(7(10)11-2)5-3-4-6-9-8/h9H,3-6H2,1-2H3/t8-/m1/s1. The molecule has 0 spiro atoms. The van der Waals surface area contributed by atoms with Gasteiger partial charge in [0.25, 0.3) is 0 Å². The summed E-state index contributed by atoms with van der Waals surface area (Å²) in [7, 11) is 1.43. The van der Waals surface area contributed by atoms with Gasteiger partial charge in [0.2, 0.25) is 0 Å². The highest BCUT2D eigenvalue weighted by molar-refractivity contribution is 5.80. The van der Waals surface area contributed by atoms with Crippen LogP contribution in [0.3, 0.4) is 0 Å². The Morgan fingerprint density at radius 2 is 2.27 bits per heavy atom. The van der Waals surface area contributed by atoms with Crippen molar-refractivity contribution in [2.75, 3.05) is 13.7 Å². The molecular weight excluding hydrogens is 142 g/mol. The topological polar surface area (TPSA) is 38.3 Å². The SMILES string of the molecule is COC(=O)[C@@]1(C)CCCCN1. The van der Waals surface area contributed by atoms with E-state index in [1.165, 1.54) is 7.11 Å². The van der Waals surface area contributed by atoms with E-state index >= 15 is 0 Å². The normalized spacial score (nSPS) is 31.5. The van der Waals surface area contributed by atoms with Crippen LogP contribution in [0.2, 0.25) is 0 Å². The van der Waals surface area contributed by atoms with E-state index in [-0.39, 0.29) is 5.97 Å². The quantitative estimate of drug-likeness (QED) is 0.569. The van der Waals surface area contributed by atoms with Crippen LogP contribution < -0.4 is 5.32 Å². The van der Waals surface area contributed by atoms with Gasteiger partial charge >= 0.3 is 5.97 Å². The third-order valence-corrected chi connectivity index (χ3v) is 2.25. The van der Waals surface area contributed by atoms with E-state index < -0.39 is 5.54 Å². The minimum Gasteiger partial charge on any atom is -0.468 e. The minimum atomic E-state index is -0.424. The fraction of sp³-hybridized carbons (Fsp3) is 0.875. The Labute approximate surface area is 67.1 Å². The average Bonchev–Trinajstić information content (AvgIpc) is 2.04. The van der Waals surface area contributed by atoms with E-state index in [1.807, 2.05) is 6.92 Å². The number of piperidine rings is 1. The van der Waals surface area contributed by atoms with E-state index in [2.05, 4.69) is 5.32 Å². The molecule has 3 heteroatoms. The average molecular weight is 157 g/mol. The van der Waals surface area contributed by atoms with E-state index in [0.29, 0.717) is 0 Å². The van der Waals surface area contributed by atoms with Gasteiger partial charge in [0.15, 0.2) is 0 Å². The number of hydrogen-bond acceptors (Lipinski definition) is 3. The first kappa shape index (κ1) is 8.53. The number of carbonyl (C=O) groups is 1. The van der Waals surface area contributed by atoms with Crippen molar-refractivity contribution < 1.29 is 9.53 Å². The summed E-state index contributed by atoms with van der Waals surface area (Å²) in [5.41, 5.74) is -0.424. The Hall–Kier alpha value is -0.570. The molecule has 1 rings (SSSR count). The number of hydrogen-bond donors (Lipinski definition) is 1. The summed E-state index contributed by atoms with van der Waals surface area (Å²) in [6, 6.07) is 0. The molecule has 1 saturated heterocycles. The van der Waals surface area contributed by atoms with Crippen LogP contribution in [0, 0.1) is 0 Å². The Kier molecular flexibility index (Phi) is 2.49. The third-order valence-electron chi connectivity index (χ3n) is 2.25. The molecule has 0 radical (unpaired) electrons. The first-order valence-corrected chi connectivity index (χ1v) is 4.02. The number of rotatable bonds is 1. The van der Waals surface area contributed by atoms with E-state index in [4.69, 9.17) is 4.74 Å². The van der Waals surface area contributed by atoms with Crippen molar-refractivity contribution in [3.8, 4) is 0 Å². The molecule has 0 aromatic heterocycles. The van der Waals surface area contributed by atoms with E-state index in [1.54, 1.807) is 0 Å². The van der Waals surface area contributed by atoms with Crippen molar-refractivity contribution >= 4 is 5.97 Å². The van der Waals surface area contributed by atoms with Gasteiger partial charge in [0.05, 0.1) is 7.11 Å². The van der Waals surface area contributed by atoms with E-state index in [0.717, 1.165) is 25.8 Å². The van der Waals surface area contributed by atoms with Crippen LogP contribution in [0.1, 0.15) is 26.2 Å². The molecule has 0 unspecified atom stereocenters. The van der Waals surface area contributed by atoms with Gasteiger partial charge in [-0.2, -0.15) is 0 Å². The van der Waals surface area contributed by atoms with E-state index in [9.17, 15) is 4.79 Å². The van der Waals surface area contributed by atoms with Crippen LogP contribution in [0.4, 0.5) is 0 Å². The molecule has 0 saturated carbocycles. The molecule has 11 heavy (non-hydrogen) atoms. The smallest absolute Gasteiger partial charge is 0.325 e. The summed E-state index contributed by atoms with van der Waals surface area (Å²) in [5.74, 6) is -0.141. The second kappa shape index (κ2) is 3.22. The van der Waals surface area contributed by atoms with Crippen molar-refractivity contribution in [3.05, 3.63) is 0 Å². The predicted octanol–water partition coefficient (Wildman–Crippen LogP) is 0.692. The molecule has 0 amide bonds. The monoisotopic (exact) mass is 157 g/mol. The van der Waals surface area contributed by atoms with Crippen molar-refractivity contribution in [2.24, 2.45) is 0 Å². The largest absolute Gasteiger partial charge is 0.468 e. The molecule has 0 aromatic rings. The molecule has 1 aliphatic heterocycles. The molecule has 1 heterocycles. The number of esters is 1. The number of methoxy groups -OCH3 is 1. The second-order valence-electron chi connectivity index (χ2n) is 3.21. The maximum absolute atomic E-state index is 11.2. The van der Waals surface area contributed by atoms with Crippen LogP contribution in [-0.4, -0.2) is 25.2 Å². The molecule has 1 N–H and O–H groups in total. The van der Waals surface area contributed by atoms with Gasteiger partial charge in [-0.3, -0.25) is 4.79 Å². The highest BCUT2D eigenvalue weighted by Crippen LogP contribution is 2.19. The summed E-state index contributed by atoms with van der Waals surface area (Å²) in [6.45, 7) is 2.82. The summed E-state index contributed by atoms with van der Waals surface area (Å²) < 4.78 is 4.69. The van der Waals surface area contributed by atoms with Crippen molar-refractivity contribution in [2.45, 2.75) is 31.7 Å². The number of ether oxygens (including phenoxy) is 1. The minimum absolute atomic E-state index is 0.141. The lowest BCUT2D eigenvalue weighted by molar-refractivity contribution is -0.148. The third kappa shape index (κ3) is 1.71.